The molecule has 0 bridgehead atoms. The van der Waals surface area contributed by atoms with Crippen LogP contribution in [0.1, 0.15) is 25.8 Å². The minimum absolute atomic E-state index is 0.320. The van der Waals surface area contributed by atoms with Gasteiger partial charge in [-0.05, 0) is 48.9 Å². The number of aryl methyl sites for hydroxylation is 1. The zero-order valence-electron chi connectivity index (χ0n) is 13.2. The summed E-state index contributed by atoms with van der Waals surface area (Å²) in [5.74, 6) is 2.18. The van der Waals surface area contributed by atoms with Gasteiger partial charge in [0, 0.05) is 24.7 Å². The number of ether oxygens (including phenoxy) is 1. The third-order valence-electron chi connectivity index (χ3n) is 3.99. The average molecular weight is 312 g/mol. The van der Waals surface area contributed by atoms with Gasteiger partial charge in [0.05, 0.1) is 0 Å². The van der Waals surface area contributed by atoms with E-state index in [0.29, 0.717) is 25.0 Å². The molecular weight excluding hydrogens is 286 g/mol. The molecule has 1 N–H and O–H groups in total. The molecule has 1 aliphatic rings. The summed E-state index contributed by atoms with van der Waals surface area (Å²) in [6.45, 7) is 9.65. The summed E-state index contributed by atoms with van der Waals surface area (Å²) in [5.41, 5.74) is 0.988. The third-order valence-corrected chi connectivity index (χ3v) is 4.41. The van der Waals surface area contributed by atoms with E-state index in [1.54, 1.807) is 0 Å². The number of halogens is 1. The van der Waals surface area contributed by atoms with E-state index in [2.05, 4.69) is 18.7 Å². The highest BCUT2D eigenvalue weighted by Crippen LogP contribution is 2.22. The molecule has 21 heavy (non-hydrogen) atoms. The zero-order chi connectivity index (χ0) is 15.4. The molecule has 1 fully saturated rings. The van der Waals surface area contributed by atoms with Gasteiger partial charge >= 0.3 is 0 Å². The molecule has 1 aromatic carbocycles. The van der Waals surface area contributed by atoms with E-state index in [4.69, 9.17) is 16.3 Å². The summed E-state index contributed by atoms with van der Waals surface area (Å²) in [5, 5.41) is 10.9. The van der Waals surface area contributed by atoms with Gasteiger partial charge in [-0.15, -0.1) is 0 Å². The Hall–Kier alpha value is -0.770. The Kier molecular flexibility index (Phi) is 5.91. The Balaban J connectivity index is 1.79. The first-order valence-corrected chi connectivity index (χ1v) is 8.11. The van der Waals surface area contributed by atoms with Crippen LogP contribution < -0.4 is 4.74 Å². The number of rotatable bonds is 5. The maximum atomic E-state index is 10.2. The minimum Gasteiger partial charge on any atom is -0.491 e. The highest BCUT2D eigenvalue weighted by atomic mass is 35.5. The molecule has 0 aliphatic carbocycles. The van der Waals surface area contributed by atoms with E-state index in [1.165, 1.54) is 6.42 Å². The van der Waals surface area contributed by atoms with Crippen LogP contribution in [0.4, 0.5) is 0 Å². The van der Waals surface area contributed by atoms with Gasteiger partial charge in [-0.3, -0.25) is 0 Å². The SMILES string of the molecule is Cc1cc(OC[C@@H](O)CN2C[C@@H](C)C[C@H](C)C2)ccc1Cl. The number of likely N-dealkylation sites (tertiary alicyclic amines) is 1. The van der Waals surface area contributed by atoms with Gasteiger partial charge in [0.25, 0.3) is 0 Å². The number of aliphatic hydroxyl groups is 1. The topological polar surface area (TPSA) is 32.7 Å². The van der Waals surface area contributed by atoms with Gasteiger partial charge in [0.15, 0.2) is 0 Å². The van der Waals surface area contributed by atoms with E-state index < -0.39 is 6.10 Å². The Bertz CT molecular complexity index is 456. The zero-order valence-corrected chi connectivity index (χ0v) is 13.9. The fourth-order valence-corrected chi connectivity index (χ4v) is 3.31. The molecule has 1 aliphatic heterocycles. The molecular formula is C17H26ClNO2. The van der Waals surface area contributed by atoms with Crippen LogP contribution in [0, 0.1) is 18.8 Å². The number of aliphatic hydroxyl groups excluding tert-OH is 1. The second-order valence-corrected chi connectivity index (χ2v) is 6.95. The van der Waals surface area contributed by atoms with Crippen LogP contribution in [0.15, 0.2) is 18.2 Å². The first-order chi connectivity index (χ1) is 9.94. The van der Waals surface area contributed by atoms with Crippen molar-refractivity contribution in [2.45, 2.75) is 33.3 Å². The van der Waals surface area contributed by atoms with Crippen LogP contribution in [0.5, 0.6) is 5.75 Å². The second kappa shape index (κ2) is 7.48. The van der Waals surface area contributed by atoms with Crippen LogP contribution in [-0.2, 0) is 0 Å². The van der Waals surface area contributed by atoms with Crippen molar-refractivity contribution in [3.05, 3.63) is 28.8 Å². The standard InChI is InChI=1S/C17H26ClNO2/c1-12-6-13(2)9-19(8-12)10-15(20)11-21-16-4-5-17(18)14(3)7-16/h4-5,7,12-13,15,20H,6,8-11H2,1-3H3/t12-,13-,15-/m0/s1. The van der Waals surface area contributed by atoms with Crippen molar-refractivity contribution < 1.29 is 9.84 Å². The third kappa shape index (κ3) is 5.17. The lowest BCUT2D eigenvalue weighted by molar-refractivity contribution is 0.0429. The van der Waals surface area contributed by atoms with E-state index in [9.17, 15) is 5.11 Å². The number of nitrogens with zero attached hydrogens (tertiary/aromatic N) is 1. The molecule has 3 atom stereocenters. The maximum Gasteiger partial charge on any atom is 0.119 e. The minimum atomic E-state index is -0.460. The highest BCUT2D eigenvalue weighted by molar-refractivity contribution is 6.31. The van der Waals surface area contributed by atoms with Crippen molar-refractivity contribution >= 4 is 11.6 Å². The van der Waals surface area contributed by atoms with Crippen molar-refractivity contribution in [1.29, 1.82) is 0 Å². The molecule has 1 heterocycles. The number of piperidine rings is 1. The maximum absolute atomic E-state index is 10.2. The van der Waals surface area contributed by atoms with E-state index >= 15 is 0 Å². The smallest absolute Gasteiger partial charge is 0.119 e. The van der Waals surface area contributed by atoms with Gasteiger partial charge in [0.2, 0.25) is 0 Å². The van der Waals surface area contributed by atoms with Gasteiger partial charge in [-0.1, -0.05) is 25.4 Å². The summed E-state index contributed by atoms with van der Waals surface area (Å²) >= 11 is 5.99. The average Bonchev–Trinajstić information content (AvgIpc) is 2.39. The Morgan fingerprint density at radius 3 is 2.62 bits per heavy atom. The molecule has 0 amide bonds. The predicted octanol–water partition coefficient (Wildman–Crippen LogP) is 3.37. The van der Waals surface area contributed by atoms with Crippen LogP contribution in [0.25, 0.3) is 0 Å². The molecule has 118 valence electrons. The fourth-order valence-electron chi connectivity index (χ4n) is 3.19. The van der Waals surface area contributed by atoms with Crippen LogP contribution in [0.2, 0.25) is 5.02 Å². The molecule has 0 aromatic heterocycles. The summed E-state index contributed by atoms with van der Waals surface area (Å²) in [6.07, 6.45) is 0.825. The lowest BCUT2D eigenvalue weighted by Crippen LogP contribution is -2.44. The summed E-state index contributed by atoms with van der Waals surface area (Å²) in [7, 11) is 0. The Morgan fingerprint density at radius 1 is 1.33 bits per heavy atom. The quantitative estimate of drug-likeness (QED) is 0.905. The first-order valence-electron chi connectivity index (χ1n) is 7.73. The monoisotopic (exact) mass is 311 g/mol. The molecule has 3 nitrogen and oxygen atoms in total. The van der Waals surface area contributed by atoms with Crippen molar-refractivity contribution in [3.8, 4) is 5.75 Å². The van der Waals surface area contributed by atoms with Gasteiger partial charge < -0.3 is 14.7 Å². The molecule has 0 radical (unpaired) electrons. The van der Waals surface area contributed by atoms with E-state index in [-0.39, 0.29) is 0 Å². The van der Waals surface area contributed by atoms with E-state index in [0.717, 1.165) is 29.4 Å². The predicted molar refractivity (Wildman–Crippen MR) is 87.1 cm³/mol. The van der Waals surface area contributed by atoms with Crippen LogP contribution >= 0.6 is 11.6 Å². The summed E-state index contributed by atoms with van der Waals surface area (Å²) < 4.78 is 5.66. The van der Waals surface area contributed by atoms with Crippen molar-refractivity contribution in [1.82, 2.24) is 4.90 Å². The number of hydrogen-bond acceptors (Lipinski definition) is 3. The van der Waals surface area contributed by atoms with E-state index in [1.807, 2.05) is 25.1 Å². The lowest BCUT2D eigenvalue weighted by atomic mass is 9.92. The first kappa shape index (κ1) is 16.6. The molecule has 1 saturated heterocycles. The van der Waals surface area contributed by atoms with Crippen molar-refractivity contribution in [2.75, 3.05) is 26.2 Å². The van der Waals surface area contributed by atoms with Crippen LogP contribution in [0.3, 0.4) is 0 Å². The Morgan fingerprint density at radius 2 is 2.00 bits per heavy atom. The molecule has 1 aromatic rings. The van der Waals surface area contributed by atoms with Gasteiger partial charge in [0.1, 0.15) is 18.5 Å². The number of β-amino-alcohol motifs (C(OH)–C–C–N with tert-alkyl or cyclic N) is 1. The van der Waals surface area contributed by atoms with Crippen molar-refractivity contribution in [2.24, 2.45) is 11.8 Å². The lowest BCUT2D eigenvalue weighted by Gasteiger charge is -2.35. The van der Waals surface area contributed by atoms with Crippen molar-refractivity contribution in [3.63, 3.8) is 0 Å². The largest absolute Gasteiger partial charge is 0.491 e. The molecule has 4 heteroatoms. The van der Waals surface area contributed by atoms with Gasteiger partial charge in [-0.2, -0.15) is 0 Å². The molecule has 0 unspecified atom stereocenters. The summed E-state index contributed by atoms with van der Waals surface area (Å²) in [6, 6.07) is 5.57. The normalized spacial score (nSPS) is 24.8. The summed E-state index contributed by atoms with van der Waals surface area (Å²) in [4.78, 5) is 2.35. The second-order valence-electron chi connectivity index (χ2n) is 6.54. The van der Waals surface area contributed by atoms with Gasteiger partial charge in [-0.25, -0.2) is 0 Å². The molecule has 2 rings (SSSR count). The van der Waals surface area contributed by atoms with Crippen LogP contribution in [-0.4, -0.2) is 42.4 Å². The number of benzene rings is 1. The molecule has 0 spiro atoms. The number of hydrogen-bond donors (Lipinski definition) is 1. The molecule has 0 saturated carbocycles. The Labute approximate surface area is 132 Å². The fraction of sp³-hybridized carbons (Fsp3) is 0.647. The highest BCUT2D eigenvalue weighted by Gasteiger charge is 2.23.